The molecule has 2 atom stereocenters. The van der Waals surface area contributed by atoms with Gasteiger partial charge in [-0.05, 0) is 31.9 Å². The summed E-state index contributed by atoms with van der Waals surface area (Å²) in [6.45, 7) is 2.97. The number of amides is 1. The summed E-state index contributed by atoms with van der Waals surface area (Å²) in [7, 11) is 3.14. The molecule has 1 aliphatic heterocycles. The Morgan fingerprint density at radius 3 is 2.35 bits per heavy atom. The summed E-state index contributed by atoms with van der Waals surface area (Å²) in [6, 6.07) is 5.89. The van der Waals surface area contributed by atoms with Gasteiger partial charge in [-0.25, -0.2) is 0 Å². The summed E-state index contributed by atoms with van der Waals surface area (Å²) in [5, 5.41) is 6.42. The highest BCUT2D eigenvalue weighted by Gasteiger charge is 2.20. The minimum absolute atomic E-state index is 0.0939. The molecular formula is C15H22N2O3. The largest absolute Gasteiger partial charge is 0.497 e. The molecule has 0 radical (unpaired) electrons. The Bertz CT molecular complexity index is 446. The third-order valence-corrected chi connectivity index (χ3v) is 3.61. The Kier molecular flexibility index (Phi) is 4.84. The quantitative estimate of drug-likeness (QED) is 0.878. The van der Waals surface area contributed by atoms with E-state index in [9.17, 15) is 4.79 Å². The number of methoxy groups -OCH3 is 2. The van der Waals surface area contributed by atoms with Crippen molar-refractivity contribution in [3.05, 3.63) is 23.8 Å². The Morgan fingerprint density at radius 1 is 1.20 bits per heavy atom. The average Bonchev–Trinajstić information content (AvgIpc) is 2.48. The van der Waals surface area contributed by atoms with Crippen molar-refractivity contribution in [3.63, 3.8) is 0 Å². The molecule has 0 saturated carbocycles. The normalized spacial score (nSPS) is 22.1. The number of ether oxygens (including phenoxy) is 2. The minimum Gasteiger partial charge on any atom is -0.497 e. The first-order chi connectivity index (χ1) is 9.62. The molecule has 2 unspecified atom stereocenters. The zero-order valence-corrected chi connectivity index (χ0v) is 12.2. The van der Waals surface area contributed by atoms with E-state index in [-0.39, 0.29) is 11.9 Å². The molecule has 2 N–H and O–H groups in total. The van der Waals surface area contributed by atoms with Crippen LogP contribution in [-0.2, 0) is 0 Å². The van der Waals surface area contributed by atoms with Crippen LogP contribution in [0.2, 0.25) is 0 Å². The summed E-state index contributed by atoms with van der Waals surface area (Å²) >= 11 is 0. The third-order valence-electron chi connectivity index (χ3n) is 3.61. The second kappa shape index (κ2) is 6.61. The standard InChI is InChI=1S/C15H22N2O3/c1-10-4-5-12(9-16-10)17-15(18)11-6-13(19-2)8-14(7-11)20-3/h6-8,10,12,16H,4-5,9H2,1-3H3,(H,17,18). The molecule has 1 amide bonds. The fraction of sp³-hybridized carbons (Fsp3) is 0.533. The highest BCUT2D eigenvalue weighted by Crippen LogP contribution is 2.22. The maximum Gasteiger partial charge on any atom is 0.251 e. The molecule has 1 aromatic rings. The molecule has 5 heteroatoms. The summed E-state index contributed by atoms with van der Waals surface area (Å²) in [6.07, 6.45) is 2.08. The van der Waals surface area contributed by atoms with E-state index in [1.54, 1.807) is 32.4 Å². The van der Waals surface area contributed by atoms with E-state index in [0.29, 0.717) is 23.1 Å². The molecule has 0 aromatic heterocycles. The fourth-order valence-corrected chi connectivity index (χ4v) is 2.33. The Labute approximate surface area is 119 Å². The molecule has 0 spiro atoms. The van der Waals surface area contributed by atoms with E-state index in [0.717, 1.165) is 19.4 Å². The van der Waals surface area contributed by atoms with Crippen molar-refractivity contribution in [2.75, 3.05) is 20.8 Å². The SMILES string of the molecule is COc1cc(OC)cc(C(=O)NC2CCC(C)NC2)c1. The molecule has 1 heterocycles. The van der Waals surface area contributed by atoms with Gasteiger partial charge in [0.05, 0.1) is 14.2 Å². The zero-order valence-electron chi connectivity index (χ0n) is 12.2. The molecule has 1 aromatic carbocycles. The summed E-state index contributed by atoms with van der Waals surface area (Å²) < 4.78 is 10.4. The average molecular weight is 278 g/mol. The second-order valence-corrected chi connectivity index (χ2v) is 5.16. The predicted molar refractivity (Wildman–Crippen MR) is 77.5 cm³/mol. The van der Waals surface area contributed by atoms with Crippen LogP contribution in [0.25, 0.3) is 0 Å². The van der Waals surface area contributed by atoms with E-state index in [1.807, 2.05) is 0 Å². The summed E-state index contributed by atoms with van der Waals surface area (Å²) in [4.78, 5) is 12.3. The van der Waals surface area contributed by atoms with Crippen molar-refractivity contribution in [1.29, 1.82) is 0 Å². The highest BCUT2D eigenvalue weighted by molar-refractivity contribution is 5.95. The molecule has 0 bridgehead atoms. The first kappa shape index (κ1) is 14.7. The molecule has 20 heavy (non-hydrogen) atoms. The number of rotatable bonds is 4. The fourth-order valence-electron chi connectivity index (χ4n) is 2.33. The van der Waals surface area contributed by atoms with Crippen LogP contribution < -0.4 is 20.1 Å². The maximum atomic E-state index is 12.3. The molecule has 5 nitrogen and oxygen atoms in total. The number of carbonyl (C=O) groups excluding carboxylic acids is 1. The molecule has 110 valence electrons. The van der Waals surface area contributed by atoms with Gasteiger partial charge in [-0.1, -0.05) is 0 Å². The lowest BCUT2D eigenvalue weighted by molar-refractivity contribution is 0.0927. The first-order valence-electron chi connectivity index (χ1n) is 6.89. The molecule has 1 fully saturated rings. The zero-order chi connectivity index (χ0) is 14.5. The van der Waals surface area contributed by atoms with E-state index in [2.05, 4.69) is 17.6 Å². The number of carbonyl (C=O) groups is 1. The van der Waals surface area contributed by atoms with Crippen LogP contribution in [0, 0.1) is 0 Å². The lowest BCUT2D eigenvalue weighted by atomic mass is 10.0. The van der Waals surface area contributed by atoms with Crippen LogP contribution in [0.3, 0.4) is 0 Å². The topological polar surface area (TPSA) is 59.6 Å². The van der Waals surface area contributed by atoms with E-state index < -0.39 is 0 Å². The molecular weight excluding hydrogens is 256 g/mol. The predicted octanol–water partition coefficient (Wildman–Crippen LogP) is 1.57. The molecule has 1 saturated heterocycles. The van der Waals surface area contributed by atoms with E-state index in [4.69, 9.17) is 9.47 Å². The van der Waals surface area contributed by atoms with Gasteiger partial charge in [-0.3, -0.25) is 4.79 Å². The number of benzene rings is 1. The van der Waals surface area contributed by atoms with Crippen LogP contribution in [0.4, 0.5) is 0 Å². The van der Waals surface area contributed by atoms with Gasteiger partial charge in [0.15, 0.2) is 0 Å². The van der Waals surface area contributed by atoms with Gasteiger partial charge in [-0.2, -0.15) is 0 Å². The number of piperidine rings is 1. The number of hydrogen-bond acceptors (Lipinski definition) is 4. The van der Waals surface area contributed by atoms with Crippen LogP contribution in [0.1, 0.15) is 30.1 Å². The Hall–Kier alpha value is -1.75. The van der Waals surface area contributed by atoms with Crippen molar-refractivity contribution >= 4 is 5.91 Å². The molecule has 0 aliphatic carbocycles. The first-order valence-corrected chi connectivity index (χ1v) is 6.89. The van der Waals surface area contributed by atoms with Crippen LogP contribution >= 0.6 is 0 Å². The Morgan fingerprint density at radius 2 is 1.85 bits per heavy atom. The van der Waals surface area contributed by atoms with Gasteiger partial charge < -0.3 is 20.1 Å². The van der Waals surface area contributed by atoms with Crippen molar-refractivity contribution in [2.24, 2.45) is 0 Å². The van der Waals surface area contributed by atoms with Gasteiger partial charge in [-0.15, -0.1) is 0 Å². The number of hydrogen-bond donors (Lipinski definition) is 2. The van der Waals surface area contributed by atoms with Crippen molar-refractivity contribution in [1.82, 2.24) is 10.6 Å². The number of nitrogens with one attached hydrogen (secondary N) is 2. The summed E-state index contributed by atoms with van der Waals surface area (Å²) in [5.41, 5.74) is 0.555. The third kappa shape index (κ3) is 3.63. The van der Waals surface area contributed by atoms with Gasteiger partial charge in [0.2, 0.25) is 0 Å². The van der Waals surface area contributed by atoms with Crippen molar-refractivity contribution < 1.29 is 14.3 Å². The minimum atomic E-state index is -0.0939. The van der Waals surface area contributed by atoms with Gasteiger partial charge in [0.25, 0.3) is 5.91 Å². The lowest BCUT2D eigenvalue weighted by Gasteiger charge is -2.28. The van der Waals surface area contributed by atoms with Gasteiger partial charge in [0, 0.05) is 30.3 Å². The van der Waals surface area contributed by atoms with Gasteiger partial charge in [0.1, 0.15) is 11.5 Å². The second-order valence-electron chi connectivity index (χ2n) is 5.16. The van der Waals surface area contributed by atoms with Crippen molar-refractivity contribution in [2.45, 2.75) is 31.8 Å². The monoisotopic (exact) mass is 278 g/mol. The van der Waals surface area contributed by atoms with Crippen LogP contribution in [-0.4, -0.2) is 38.8 Å². The smallest absolute Gasteiger partial charge is 0.251 e. The van der Waals surface area contributed by atoms with E-state index >= 15 is 0 Å². The molecule has 2 rings (SSSR count). The highest BCUT2D eigenvalue weighted by atomic mass is 16.5. The Balaban J connectivity index is 2.04. The maximum absolute atomic E-state index is 12.3. The van der Waals surface area contributed by atoms with Crippen molar-refractivity contribution in [3.8, 4) is 11.5 Å². The summed E-state index contributed by atoms with van der Waals surface area (Å²) in [5.74, 6) is 1.14. The van der Waals surface area contributed by atoms with Gasteiger partial charge >= 0.3 is 0 Å². The lowest BCUT2D eigenvalue weighted by Crippen LogP contribution is -2.48. The van der Waals surface area contributed by atoms with E-state index in [1.165, 1.54) is 0 Å². The molecule has 1 aliphatic rings. The van der Waals surface area contributed by atoms with Crippen LogP contribution in [0.5, 0.6) is 11.5 Å². The van der Waals surface area contributed by atoms with Crippen LogP contribution in [0.15, 0.2) is 18.2 Å².